The van der Waals surface area contributed by atoms with Crippen molar-refractivity contribution < 1.29 is 14.6 Å². The predicted octanol–water partition coefficient (Wildman–Crippen LogP) is 2.05. The van der Waals surface area contributed by atoms with E-state index in [0.717, 1.165) is 11.3 Å². The molecule has 18 heavy (non-hydrogen) atoms. The number of benzene rings is 1. The average molecular weight is 249 g/mol. The van der Waals surface area contributed by atoms with Gasteiger partial charge in [-0.15, -0.1) is 0 Å². The van der Waals surface area contributed by atoms with Crippen LogP contribution in [0.5, 0.6) is 5.75 Å². The summed E-state index contributed by atoms with van der Waals surface area (Å²) in [5.41, 5.74) is 3.44. The maximum atomic E-state index is 11.0. The second kappa shape index (κ2) is 4.98. The van der Waals surface area contributed by atoms with Crippen molar-refractivity contribution >= 4 is 5.97 Å². The summed E-state index contributed by atoms with van der Waals surface area (Å²) in [6, 6.07) is 4.18. The lowest BCUT2D eigenvalue weighted by molar-refractivity contribution is -0.141. The highest BCUT2D eigenvalue weighted by molar-refractivity contribution is 5.71. The number of hydrogen-bond acceptors (Lipinski definition) is 3. The van der Waals surface area contributed by atoms with Crippen LogP contribution in [0.4, 0.5) is 0 Å². The Labute approximate surface area is 107 Å². The van der Waals surface area contributed by atoms with Crippen LogP contribution in [0.1, 0.15) is 29.2 Å². The van der Waals surface area contributed by atoms with Crippen LogP contribution in [0.3, 0.4) is 0 Å². The fraction of sp³-hybridized carbons (Fsp3) is 0.500. The van der Waals surface area contributed by atoms with E-state index in [1.807, 2.05) is 13.0 Å². The molecule has 98 valence electrons. The first-order chi connectivity index (χ1) is 8.52. The van der Waals surface area contributed by atoms with Crippen LogP contribution in [-0.4, -0.2) is 24.7 Å². The Hall–Kier alpha value is -1.55. The van der Waals surface area contributed by atoms with Gasteiger partial charge in [0.05, 0.1) is 13.0 Å². The first-order valence-corrected chi connectivity index (χ1v) is 6.14. The van der Waals surface area contributed by atoms with Gasteiger partial charge in [-0.05, 0) is 37.5 Å². The van der Waals surface area contributed by atoms with Gasteiger partial charge in [-0.1, -0.05) is 6.07 Å². The molecule has 0 aromatic heterocycles. The second-order valence-corrected chi connectivity index (χ2v) is 4.91. The van der Waals surface area contributed by atoms with Crippen LogP contribution in [0, 0.1) is 19.8 Å². The van der Waals surface area contributed by atoms with E-state index < -0.39 is 5.97 Å². The van der Waals surface area contributed by atoms with E-state index in [-0.39, 0.29) is 12.0 Å². The fourth-order valence-corrected chi connectivity index (χ4v) is 2.42. The maximum absolute atomic E-state index is 11.0. The summed E-state index contributed by atoms with van der Waals surface area (Å²) in [7, 11) is 1.65. The molecule has 0 saturated carbocycles. The zero-order chi connectivity index (χ0) is 13.3. The van der Waals surface area contributed by atoms with Crippen molar-refractivity contribution in [3.8, 4) is 5.75 Å². The zero-order valence-electron chi connectivity index (χ0n) is 11.0. The van der Waals surface area contributed by atoms with Crippen molar-refractivity contribution in [2.24, 2.45) is 5.92 Å². The number of methoxy groups -OCH3 is 1. The monoisotopic (exact) mass is 249 g/mol. The largest absolute Gasteiger partial charge is 0.496 e. The lowest BCUT2D eigenvalue weighted by Crippen LogP contribution is -2.17. The van der Waals surface area contributed by atoms with Gasteiger partial charge >= 0.3 is 5.97 Å². The molecule has 1 fully saturated rings. The van der Waals surface area contributed by atoms with E-state index >= 15 is 0 Å². The topological polar surface area (TPSA) is 58.6 Å². The molecule has 2 unspecified atom stereocenters. The fourth-order valence-electron chi connectivity index (χ4n) is 2.42. The highest BCUT2D eigenvalue weighted by Gasteiger charge is 2.31. The molecular formula is C14H19NO3. The van der Waals surface area contributed by atoms with E-state index in [0.29, 0.717) is 13.0 Å². The summed E-state index contributed by atoms with van der Waals surface area (Å²) in [5, 5.41) is 12.3. The molecule has 2 atom stereocenters. The molecule has 4 heteroatoms. The second-order valence-electron chi connectivity index (χ2n) is 4.91. The molecule has 1 aromatic rings. The zero-order valence-corrected chi connectivity index (χ0v) is 11.0. The van der Waals surface area contributed by atoms with Crippen LogP contribution in [0.25, 0.3) is 0 Å². The summed E-state index contributed by atoms with van der Waals surface area (Å²) >= 11 is 0. The summed E-state index contributed by atoms with van der Waals surface area (Å²) in [6.45, 7) is 4.63. The van der Waals surface area contributed by atoms with Gasteiger partial charge in [-0.2, -0.15) is 0 Å². The molecule has 1 aliphatic heterocycles. The standard InChI is InChI=1S/C14H19NO3/c1-8-4-11(13(18-3)5-9(8)2)12-6-10(7-15-12)14(16)17/h4-5,10,12,15H,6-7H2,1-3H3,(H,16,17). The minimum atomic E-state index is -0.729. The van der Waals surface area contributed by atoms with Crippen molar-refractivity contribution in [1.82, 2.24) is 5.32 Å². The average Bonchev–Trinajstić information content (AvgIpc) is 2.81. The van der Waals surface area contributed by atoms with E-state index in [1.165, 1.54) is 11.1 Å². The molecule has 1 aliphatic rings. The molecule has 1 saturated heterocycles. The van der Waals surface area contributed by atoms with Gasteiger partial charge in [-0.25, -0.2) is 0 Å². The molecular weight excluding hydrogens is 230 g/mol. The van der Waals surface area contributed by atoms with Gasteiger partial charge in [0, 0.05) is 18.2 Å². The van der Waals surface area contributed by atoms with Crippen molar-refractivity contribution in [2.75, 3.05) is 13.7 Å². The van der Waals surface area contributed by atoms with Crippen LogP contribution in [0.2, 0.25) is 0 Å². The highest BCUT2D eigenvalue weighted by Crippen LogP contribution is 2.34. The molecule has 1 aromatic carbocycles. The number of carboxylic acid groups (broad SMARTS) is 1. The molecule has 4 nitrogen and oxygen atoms in total. The number of hydrogen-bond donors (Lipinski definition) is 2. The Morgan fingerprint density at radius 3 is 2.61 bits per heavy atom. The Kier molecular flexibility index (Phi) is 3.57. The Morgan fingerprint density at radius 1 is 1.39 bits per heavy atom. The molecule has 2 N–H and O–H groups in total. The quantitative estimate of drug-likeness (QED) is 0.860. The third-order valence-electron chi connectivity index (χ3n) is 3.70. The number of nitrogens with one attached hydrogen (secondary N) is 1. The molecule has 0 bridgehead atoms. The minimum absolute atomic E-state index is 0.0698. The molecule has 1 heterocycles. The number of rotatable bonds is 3. The van der Waals surface area contributed by atoms with Crippen molar-refractivity contribution in [3.05, 3.63) is 28.8 Å². The first kappa shape index (κ1) is 12.9. The predicted molar refractivity (Wildman–Crippen MR) is 69.0 cm³/mol. The van der Waals surface area contributed by atoms with Gasteiger partial charge in [0.25, 0.3) is 0 Å². The van der Waals surface area contributed by atoms with E-state index in [2.05, 4.69) is 18.3 Å². The van der Waals surface area contributed by atoms with Gasteiger partial charge in [0.15, 0.2) is 0 Å². The molecule has 0 amide bonds. The summed E-state index contributed by atoms with van der Waals surface area (Å²) in [4.78, 5) is 11.0. The Bertz CT molecular complexity index is 470. The van der Waals surface area contributed by atoms with Gasteiger partial charge in [-0.3, -0.25) is 4.79 Å². The number of carboxylic acids is 1. The van der Waals surface area contributed by atoms with Gasteiger partial charge in [0.1, 0.15) is 5.75 Å². The smallest absolute Gasteiger partial charge is 0.307 e. The molecule has 0 radical (unpaired) electrons. The lowest BCUT2D eigenvalue weighted by atomic mass is 9.96. The van der Waals surface area contributed by atoms with Crippen LogP contribution in [-0.2, 0) is 4.79 Å². The Balaban J connectivity index is 2.29. The first-order valence-electron chi connectivity index (χ1n) is 6.14. The highest BCUT2D eigenvalue weighted by atomic mass is 16.5. The third-order valence-corrected chi connectivity index (χ3v) is 3.70. The number of ether oxygens (including phenoxy) is 1. The van der Waals surface area contributed by atoms with E-state index in [9.17, 15) is 4.79 Å². The van der Waals surface area contributed by atoms with Crippen molar-refractivity contribution in [1.29, 1.82) is 0 Å². The third kappa shape index (κ3) is 2.34. The van der Waals surface area contributed by atoms with Crippen LogP contribution >= 0.6 is 0 Å². The van der Waals surface area contributed by atoms with E-state index in [1.54, 1.807) is 7.11 Å². The number of aliphatic carboxylic acids is 1. The summed E-state index contributed by atoms with van der Waals surface area (Å²) in [6.07, 6.45) is 0.619. The van der Waals surface area contributed by atoms with Gasteiger partial charge in [0.2, 0.25) is 0 Å². The molecule has 0 aliphatic carbocycles. The number of carbonyl (C=O) groups is 1. The minimum Gasteiger partial charge on any atom is -0.496 e. The normalized spacial score (nSPS) is 23.1. The number of aryl methyl sites for hydroxylation is 2. The van der Waals surface area contributed by atoms with Gasteiger partial charge < -0.3 is 15.2 Å². The maximum Gasteiger partial charge on any atom is 0.307 e. The Morgan fingerprint density at radius 2 is 2.06 bits per heavy atom. The summed E-state index contributed by atoms with van der Waals surface area (Å²) < 4.78 is 5.40. The molecule has 0 spiro atoms. The van der Waals surface area contributed by atoms with E-state index in [4.69, 9.17) is 9.84 Å². The van der Waals surface area contributed by atoms with Crippen molar-refractivity contribution in [2.45, 2.75) is 26.3 Å². The van der Waals surface area contributed by atoms with Crippen LogP contribution in [0.15, 0.2) is 12.1 Å². The SMILES string of the molecule is COc1cc(C)c(C)cc1C1CC(C(=O)O)CN1. The molecule has 2 rings (SSSR count). The summed E-state index contributed by atoms with van der Waals surface area (Å²) in [5.74, 6) is -0.198. The van der Waals surface area contributed by atoms with Crippen LogP contribution < -0.4 is 10.1 Å². The lowest BCUT2D eigenvalue weighted by Gasteiger charge is -2.17. The van der Waals surface area contributed by atoms with Crippen molar-refractivity contribution in [3.63, 3.8) is 0 Å².